The minimum atomic E-state index is -1.12. The smallest absolute Gasteiger partial charge is 0.305 e. The van der Waals surface area contributed by atoms with Crippen LogP contribution in [0.3, 0.4) is 0 Å². The third-order valence-corrected chi connectivity index (χ3v) is 2.79. The van der Waals surface area contributed by atoms with E-state index in [1.807, 2.05) is 0 Å². The average Bonchev–Trinajstić information content (AvgIpc) is 2.32. The summed E-state index contributed by atoms with van der Waals surface area (Å²) in [7, 11) is 0. The van der Waals surface area contributed by atoms with Gasteiger partial charge in [0.1, 0.15) is 0 Å². The normalized spacial score (nSPS) is 14.4. The first kappa shape index (κ1) is 18.1. The minimum absolute atomic E-state index is 0.307. The Hall–Kier alpha value is -1.92. The van der Waals surface area contributed by atoms with Crippen LogP contribution in [-0.4, -0.2) is 41.2 Å². The van der Waals surface area contributed by atoms with E-state index in [4.69, 9.17) is 10.8 Å². The average molecular weight is 285 g/mol. The van der Waals surface area contributed by atoms with Crippen LogP contribution in [0.25, 0.3) is 0 Å². The standard InChI is InChI=1S/C13H23N3O4/c1-8(5-4-6-15-10(3)14)13(20)16-11(9(2)17)7-12(18)19/h8,11H,4-7H2,1-3H3,(H2,14,15)(H,16,20)(H,18,19)/t8-,11-/m0/s1. The molecule has 0 aromatic rings. The van der Waals surface area contributed by atoms with Crippen LogP contribution in [0.1, 0.15) is 40.0 Å². The second-order valence-electron chi connectivity index (χ2n) is 4.84. The molecule has 7 nitrogen and oxygen atoms in total. The highest BCUT2D eigenvalue weighted by Gasteiger charge is 2.22. The van der Waals surface area contributed by atoms with Crippen molar-refractivity contribution >= 4 is 23.5 Å². The Bertz CT molecular complexity index is 389. The lowest BCUT2D eigenvalue weighted by Crippen LogP contribution is -2.43. The Kier molecular flexibility index (Phi) is 8.19. The van der Waals surface area contributed by atoms with E-state index in [-0.39, 0.29) is 17.6 Å². The van der Waals surface area contributed by atoms with E-state index in [0.717, 1.165) is 0 Å². The maximum absolute atomic E-state index is 11.9. The quantitative estimate of drug-likeness (QED) is 0.320. The molecule has 7 heteroatoms. The highest BCUT2D eigenvalue weighted by atomic mass is 16.4. The number of hydrogen-bond donors (Lipinski definition) is 3. The van der Waals surface area contributed by atoms with Gasteiger partial charge in [0.05, 0.1) is 18.3 Å². The molecule has 0 saturated heterocycles. The number of rotatable bonds is 9. The predicted molar refractivity (Wildman–Crippen MR) is 75.4 cm³/mol. The van der Waals surface area contributed by atoms with Gasteiger partial charge < -0.3 is 16.2 Å². The number of Topliss-reactive ketones (excluding diaryl/α,β-unsaturated/α-hetero) is 1. The molecule has 114 valence electrons. The van der Waals surface area contributed by atoms with Gasteiger partial charge in [0.2, 0.25) is 5.91 Å². The summed E-state index contributed by atoms with van der Waals surface area (Å²) in [6.07, 6.45) is 0.900. The third kappa shape index (κ3) is 8.23. The van der Waals surface area contributed by atoms with Crippen molar-refractivity contribution < 1.29 is 19.5 Å². The molecule has 1 amide bonds. The van der Waals surface area contributed by atoms with Crippen LogP contribution in [0, 0.1) is 5.92 Å². The van der Waals surface area contributed by atoms with Crippen molar-refractivity contribution in [2.45, 2.75) is 46.1 Å². The predicted octanol–water partition coefficient (Wildman–Crippen LogP) is 0.328. The van der Waals surface area contributed by atoms with Gasteiger partial charge in [-0.15, -0.1) is 0 Å². The van der Waals surface area contributed by atoms with Crippen LogP contribution < -0.4 is 11.1 Å². The first-order chi connectivity index (χ1) is 9.23. The van der Waals surface area contributed by atoms with Gasteiger partial charge in [0.25, 0.3) is 0 Å². The fourth-order valence-corrected chi connectivity index (χ4v) is 1.57. The van der Waals surface area contributed by atoms with Crippen molar-refractivity contribution in [3.05, 3.63) is 0 Å². The Morgan fingerprint density at radius 3 is 2.35 bits per heavy atom. The van der Waals surface area contributed by atoms with Crippen LogP contribution in [0.2, 0.25) is 0 Å². The van der Waals surface area contributed by atoms with E-state index in [0.29, 0.717) is 25.2 Å². The number of hydrogen-bond acceptors (Lipinski definition) is 4. The lowest BCUT2D eigenvalue weighted by molar-refractivity contribution is -0.140. The fourth-order valence-electron chi connectivity index (χ4n) is 1.57. The second-order valence-corrected chi connectivity index (χ2v) is 4.84. The second kappa shape index (κ2) is 9.06. The molecular formula is C13H23N3O4. The minimum Gasteiger partial charge on any atom is -0.481 e. The zero-order valence-corrected chi connectivity index (χ0v) is 12.2. The van der Waals surface area contributed by atoms with Gasteiger partial charge in [-0.05, 0) is 26.7 Å². The molecule has 0 aliphatic carbocycles. The number of carboxylic acids is 1. The summed E-state index contributed by atoms with van der Waals surface area (Å²) in [4.78, 5) is 37.7. The Morgan fingerprint density at radius 1 is 1.30 bits per heavy atom. The van der Waals surface area contributed by atoms with Gasteiger partial charge in [-0.1, -0.05) is 6.92 Å². The van der Waals surface area contributed by atoms with E-state index in [1.165, 1.54) is 6.92 Å². The van der Waals surface area contributed by atoms with E-state index in [9.17, 15) is 14.4 Å². The van der Waals surface area contributed by atoms with Crippen molar-refractivity contribution in [2.75, 3.05) is 6.54 Å². The first-order valence-electron chi connectivity index (χ1n) is 6.53. The number of aliphatic imine (C=N–C) groups is 1. The van der Waals surface area contributed by atoms with Crippen LogP contribution in [0.4, 0.5) is 0 Å². The zero-order valence-electron chi connectivity index (χ0n) is 12.2. The number of nitrogens with one attached hydrogen (secondary N) is 1. The van der Waals surface area contributed by atoms with E-state index in [1.54, 1.807) is 13.8 Å². The van der Waals surface area contributed by atoms with Crippen LogP contribution in [0.15, 0.2) is 4.99 Å². The van der Waals surface area contributed by atoms with E-state index < -0.39 is 18.4 Å². The Labute approximate surface area is 118 Å². The largest absolute Gasteiger partial charge is 0.481 e. The van der Waals surface area contributed by atoms with E-state index in [2.05, 4.69) is 10.3 Å². The highest BCUT2D eigenvalue weighted by Crippen LogP contribution is 2.07. The molecule has 0 bridgehead atoms. The van der Waals surface area contributed by atoms with Crippen molar-refractivity contribution in [3.63, 3.8) is 0 Å². The molecule has 20 heavy (non-hydrogen) atoms. The molecule has 0 rings (SSSR count). The zero-order chi connectivity index (χ0) is 15.7. The molecule has 0 unspecified atom stereocenters. The lowest BCUT2D eigenvalue weighted by Gasteiger charge is -2.17. The number of carbonyl (C=O) groups is 3. The van der Waals surface area contributed by atoms with Crippen LogP contribution in [0.5, 0.6) is 0 Å². The highest BCUT2D eigenvalue weighted by molar-refractivity contribution is 5.91. The van der Waals surface area contributed by atoms with Crippen molar-refractivity contribution in [1.82, 2.24) is 5.32 Å². The molecule has 0 radical (unpaired) electrons. The molecule has 0 aliphatic heterocycles. The van der Waals surface area contributed by atoms with Crippen LogP contribution >= 0.6 is 0 Å². The maximum atomic E-state index is 11.9. The van der Waals surface area contributed by atoms with Gasteiger partial charge in [0.15, 0.2) is 5.78 Å². The van der Waals surface area contributed by atoms with Crippen LogP contribution in [-0.2, 0) is 14.4 Å². The molecule has 0 fully saturated rings. The summed E-state index contributed by atoms with van der Waals surface area (Å²) in [6, 6.07) is -0.966. The third-order valence-electron chi connectivity index (χ3n) is 2.79. The monoisotopic (exact) mass is 285 g/mol. The molecule has 0 aromatic heterocycles. The number of aliphatic carboxylic acids is 1. The molecule has 0 heterocycles. The van der Waals surface area contributed by atoms with Crippen molar-refractivity contribution in [2.24, 2.45) is 16.6 Å². The first-order valence-corrected chi connectivity index (χ1v) is 6.53. The van der Waals surface area contributed by atoms with Crippen molar-refractivity contribution in [1.29, 1.82) is 0 Å². The summed E-state index contributed by atoms with van der Waals surface area (Å²) in [6.45, 7) is 5.23. The Morgan fingerprint density at radius 2 is 1.90 bits per heavy atom. The van der Waals surface area contributed by atoms with Gasteiger partial charge >= 0.3 is 5.97 Å². The summed E-state index contributed by atoms with van der Waals surface area (Å²) in [5, 5.41) is 11.1. The number of amidine groups is 1. The number of carboxylic acid groups (broad SMARTS) is 1. The Balaban J connectivity index is 4.25. The van der Waals surface area contributed by atoms with Gasteiger partial charge in [0, 0.05) is 12.5 Å². The molecule has 0 spiro atoms. The van der Waals surface area contributed by atoms with Gasteiger partial charge in [-0.25, -0.2) is 0 Å². The fraction of sp³-hybridized carbons (Fsp3) is 0.692. The number of nitrogens with zero attached hydrogens (tertiary/aromatic N) is 1. The molecule has 0 aromatic carbocycles. The number of nitrogens with two attached hydrogens (primary N) is 1. The summed E-state index contributed by atoms with van der Waals surface area (Å²) in [5.74, 6) is -1.61. The molecule has 4 N–H and O–H groups in total. The van der Waals surface area contributed by atoms with Gasteiger partial charge in [-0.2, -0.15) is 0 Å². The number of ketones is 1. The summed E-state index contributed by atoms with van der Waals surface area (Å²) < 4.78 is 0. The topological polar surface area (TPSA) is 122 Å². The maximum Gasteiger partial charge on any atom is 0.305 e. The lowest BCUT2D eigenvalue weighted by atomic mass is 10.0. The molecular weight excluding hydrogens is 262 g/mol. The number of amides is 1. The molecule has 2 atom stereocenters. The molecule has 0 aliphatic rings. The number of carbonyl (C=O) groups excluding carboxylic acids is 2. The SMILES string of the molecule is CC(=O)[C@H](CC(=O)O)NC(=O)[C@@H](C)CCCN=C(C)N. The van der Waals surface area contributed by atoms with Gasteiger partial charge in [-0.3, -0.25) is 19.4 Å². The van der Waals surface area contributed by atoms with E-state index >= 15 is 0 Å². The van der Waals surface area contributed by atoms with Crippen molar-refractivity contribution in [3.8, 4) is 0 Å². The summed E-state index contributed by atoms with van der Waals surface area (Å²) in [5.41, 5.74) is 5.39. The summed E-state index contributed by atoms with van der Waals surface area (Å²) >= 11 is 0. The molecule has 0 saturated carbocycles.